The van der Waals surface area contributed by atoms with Gasteiger partial charge in [0.05, 0.1) is 6.54 Å². The van der Waals surface area contributed by atoms with Crippen LogP contribution in [0.2, 0.25) is 0 Å². The molecule has 2 fully saturated rings. The summed E-state index contributed by atoms with van der Waals surface area (Å²) in [6, 6.07) is 1.07. The third-order valence-electron chi connectivity index (χ3n) is 4.83. The number of rotatable bonds is 7. The summed E-state index contributed by atoms with van der Waals surface area (Å²) in [5, 5.41) is 11.7. The molecule has 0 bridgehead atoms. The van der Waals surface area contributed by atoms with Gasteiger partial charge in [0.25, 0.3) is 5.91 Å². The van der Waals surface area contributed by atoms with E-state index in [1.54, 1.807) is 0 Å². The maximum atomic E-state index is 12.8. The normalized spacial score (nSPS) is 22.4. The molecule has 0 saturated heterocycles. The molecule has 1 amide bonds. The van der Waals surface area contributed by atoms with Crippen LogP contribution in [0.25, 0.3) is 0 Å². The number of amides is 1. The maximum Gasteiger partial charge on any atom is 0.451 e. The van der Waals surface area contributed by atoms with Crippen LogP contribution in [0.3, 0.4) is 0 Å². The molecule has 0 atom stereocenters. The van der Waals surface area contributed by atoms with Crippen molar-refractivity contribution in [2.75, 3.05) is 13.1 Å². The zero-order chi connectivity index (χ0) is 19.8. The number of carbonyl (C=O) groups is 2. The van der Waals surface area contributed by atoms with Crippen LogP contribution in [0.5, 0.6) is 0 Å². The third-order valence-corrected chi connectivity index (χ3v) is 4.83. The molecule has 1 aromatic heterocycles. The Morgan fingerprint density at radius 2 is 1.96 bits per heavy atom. The fourth-order valence-corrected chi connectivity index (χ4v) is 3.22. The van der Waals surface area contributed by atoms with Crippen LogP contribution >= 0.6 is 0 Å². The van der Waals surface area contributed by atoms with Gasteiger partial charge in [0, 0.05) is 24.3 Å². The summed E-state index contributed by atoms with van der Waals surface area (Å²) in [6.07, 6.45) is -1.36. The summed E-state index contributed by atoms with van der Waals surface area (Å²) < 4.78 is 38.4. The van der Waals surface area contributed by atoms with Crippen molar-refractivity contribution in [3.05, 3.63) is 23.3 Å². The second-order valence-corrected chi connectivity index (χ2v) is 7.28. The molecule has 2 aliphatic rings. The van der Waals surface area contributed by atoms with E-state index in [4.69, 9.17) is 5.11 Å². The predicted molar refractivity (Wildman–Crippen MR) is 88.0 cm³/mol. The first kappa shape index (κ1) is 19.5. The molecule has 27 heavy (non-hydrogen) atoms. The highest BCUT2D eigenvalue weighted by atomic mass is 19.4. The van der Waals surface area contributed by atoms with Gasteiger partial charge in [0.1, 0.15) is 5.69 Å². The number of hydrogen-bond acceptors (Lipinski definition) is 5. The Labute approximate surface area is 154 Å². The fraction of sp³-hybridized carbons (Fsp3) is 0.647. The van der Waals surface area contributed by atoms with E-state index in [1.165, 1.54) is 13.0 Å². The van der Waals surface area contributed by atoms with Crippen LogP contribution in [0.15, 0.2) is 6.07 Å². The Morgan fingerprint density at radius 3 is 2.52 bits per heavy atom. The lowest BCUT2D eigenvalue weighted by molar-refractivity contribution is -0.145. The number of halogens is 3. The van der Waals surface area contributed by atoms with Crippen LogP contribution in [-0.2, 0) is 11.0 Å². The first-order valence-corrected chi connectivity index (χ1v) is 8.81. The van der Waals surface area contributed by atoms with Crippen molar-refractivity contribution >= 4 is 11.9 Å². The minimum Gasteiger partial charge on any atom is -0.480 e. The van der Waals surface area contributed by atoms with Gasteiger partial charge in [-0.05, 0) is 44.6 Å². The molecule has 0 unspecified atom stereocenters. The summed E-state index contributed by atoms with van der Waals surface area (Å²) in [5.41, 5.74) is -0.260. The summed E-state index contributed by atoms with van der Waals surface area (Å²) >= 11 is 0. The number of nitrogens with zero attached hydrogens (tertiary/aromatic N) is 3. The second-order valence-electron chi connectivity index (χ2n) is 7.28. The number of aryl methyl sites for hydroxylation is 1. The highest BCUT2D eigenvalue weighted by Gasteiger charge is 2.39. The predicted octanol–water partition coefficient (Wildman–Crippen LogP) is 1.86. The van der Waals surface area contributed by atoms with E-state index < -0.39 is 23.9 Å². The van der Waals surface area contributed by atoms with E-state index in [1.807, 2.05) is 4.90 Å². The standard InChI is InChI=1S/C17H21F3N4O3/c1-9-4-13(23-16(21-9)17(18,19)20)15(27)22-11-5-12(6-11)24(8-14(25)26)7-10-2-3-10/h4,10-12H,2-3,5-8H2,1H3,(H,22,27)(H,25,26). The first-order valence-electron chi connectivity index (χ1n) is 8.81. The smallest absolute Gasteiger partial charge is 0.451 e. The van der Waals surface area contributed by atoms with E-state index in [9.17, 15) is 22.8 Å². The number of carbonyl (C=O) groups excluding carboxylic acids is 1. The van der Waals surface area contributed by atoms with Crippen molar-refractivity contribution in [3.8, 4) is 0 Å². The van der Waals surface area contributed by atoms with Crippen molar-refractivity contribution in [2.24, 2.45) is 5.92 Å². The van der Waals surface area contributed by atoms with Gasteiger partial charge in [-0.1, -0.05) is 0 Å². The van der Waals surface area contributed by atoms with Crippen molar-refractivity contribution in [1.82, 2.24) is 20.2 Å². The highest BCUT2D eigenvalue weighted by molar-refractivity contribution is 5.92. The van der Waals surface area contributed by atoms with Gasteiger partial charge < -0.3 is 10.4 Å². The number of hydrogen-bond donors (Lipinski definition) is 2. The van der Waals surface area contributed by atoms with Crippen molar-refractivity contribution in [2.45, 2.75) is 50.9 Å². The van der Waals surface area contributed by atoms with E-state index in [0.717, 1.165) is 19.4 Å². The molecule has 0 aliphatic heterocycles. The average Bonchev–Trinajstić information content (AvgIpc) is 3.31. The molecule has 2 N–H and O–H groups in total. The van der Waals surface area contributed by atoms with Crippen LogP contribution in [0.4, 0.5) is 13.2 Å². The zero-order valence-corrected chi connectivity index (χ0v) is 14.8. The van der Waals surface area contributed by atoms with Gasteiger partial charge in [-0.3, -0.25) is 14.5 Å². The Bertz CT molecular complexity index is 731. The lowest BCUT2D eigenvalue weighted by Gasteiger charge is -2.42. The Hall–Kier alpha value is -2.23. The van der Waals surface area contributed by atoms with E-state index in [0.29, 0.717) is 18.8 Å². The minimum absolute atomic E-state index is 0.0398. The average molecular weight is 386 g/mol. The monoisotopic (exact) mass is 386 g/mol. The highest BCUT2D eigenvalue weighted by Crippen LogP contribution is 2.34. The van der Waals surface area contributed by atoms with Crippen LogP contribution < -0.4 is 5.32 Å². The molecular weight excluding hydrogens is 365 g/mol. The number of alkyl halides is 3. The lowest BCUT2D eigenvalue weighted by Crippen LogP contribution is -2.55. The number of carboxylic acids is 1. The van der Waals surface area contributed by atoms with Crippen LogP contribution in [0, 0.1) is 12.8 Å². The van der Waals surface area contributed by atoms with Gasteiger partial charge >= 0.3 is 12.1 Å². The van der Waals surface area contributed by atoms with Gasteiger partial charge in [-0.25, -0.2) is 9.97 Å². The molecule has 3 rings (SSSR count). The van der Waals surface area contributed by atoms with Crippen molar-refractivity contribution in [3.63, 3.8) is 0 Å². The van der Waals surface area contributed by atoms with Gasteiger partial charge in [-0.2, -0.15) is 13.2 Å². The minimum atomic E-state index is -4.72. The second kappa shape index (κ2) is 7.41. The molecule has 148 valence electrons. The quantitative estimate of drug-likeness (QED) is 0.743. The summed E-state index contributed by atoms with van der Waals surface area (Å²) in [7, 11) is 0. The zero-order valence-electron chi connectivity index (χ0n) is 14.8. The summed E-state index contributed by atoms with van der Waals surface area (Å²) in [4.78, 5) is 31.8. The Morgan fingerprint density at radius 1 is 1.30 bits per heavy atom. The number of carboxylic acid groups (broad SMARTS) is 1. The maximum absolute atomic E-state index is 12.8. The number of aromatic nitrogens is 2. The first-order chi connectivity index (χ1) is 12.6. The van der Waals surface area contributed by atoms with Crippen molar-refractivity contribution < 1.29 is 27.9 Å². The van der Waals surface area contributed by atoms with E-state index in [2.05, 4.69) is 15.3 Å². The molecule has 0 radical (unpaired) electrons. The molecule has 7 nitrogen and oxygen atoms in total. The third kappa shape index (κ3) is 5.15. The molecule has 2 aliphatic carbocycles. The summed E-state index contributed by atoms with van der Waals surface area (Å²) in [5.74, 6) is -2.36. The largest absolute Gasteiger partial charge is 0.480 e. The molecule has 2 saturated carbocycles. The van der Waals surface area contributed by atoms with E-state index in [-0.39, 0.29) is 30.0 Å². The molecule has 0 aromatic carbocycles. The number of nitrogens with one attached hydrogen (secondary N) is 1. The Balaban J connectivity index is 1.57. The van der Waals surface area contributed by atoms with Crippen molar-refractivity contribution in [1.29, 1.82) is 0 Å². The van der Waals surface area contributed by atoms with E-state index >= 15 is 0 Å². The van der Waals surface area contributed by atoms with Crippen LogP contribution in [0.1, 0.15) is 47.7 Å². The Kier molecular flexibility index (Phi) is 5.36. The lowest BCUT2D eigenvalue weighted by atomic mass is 9.85. The molecule has 1 aromatic rings. The topological polar surface area (TPSA) is 95.4 Å². The fourth-order valence-electron chi connectivity index (χ4n) is 3.22. The molecule has 10 heteroatoms. The summed E-state index contributed by atoms with van der Waals surface area (Å²) in [6.45, 7) is 2.06. The molecule has 1 heterocycles. The van der Waals surface area contributed by atoms with Gasteiger partial charge in [0.15, 0.2) is 0 Å². The van der Waals surface area contributed by atoms with Gasteiger partial charge in [-0.15, -0.1) is 0 Å². The molecule has 0 spiro atoms. The molecular formula is C17H21F3N4O3. The van der Waals surface area contributed by atoms with Gasteiger partial charge in [0.2, 0.25) is 5.82 Å². The number of aliphatic carboxylic acids is 1. The SMILES string of the molecule is Cc1cc(C(=O)NC2CC(N(CC(=O)O)CC3CC3)C2)nc(C(F)(F)F)n1. The van der Waals surface area contributed by atoms with Crippen LogP contribution in [-0.4, -0.2) is 57.0 Å².